The van der Waals surface area contributed by atoms with Crippen molar-refractivity contribution in [3.63, 3.8) is 0 Å². The van der Waals surface area contributed by atoms with Crippen LogP contribution in [0.15, 0.2) is 24.3 Å². The number of rotatable bonds is 4. The number of urea groups is 1. The van der Waals surface area contributed by atoms with E-state index in [1.165, 1.54) is 0 Å². The number of carbonyl (C=O) groups is 1. The molecule has 0 fully saturated rings. The van der Waals surface area contributed by atoms with Crippen molar-refractivity contribution >= 4 is 6.03 Å². The third-order valence-corrected chi connectivity index (χ3v) is 2.78. The maximum atomic E-state index is 11.8. The monoisotopic (exact) mass is 259 g/mol. The van der Waals surface area contributed by atoms with Gasteiger partial charge >= 0.3 is 6.03 Å². The number of nitrogens with two attached hydrogens (primary N) is 1. The molecule has 0 aliphatic rings. The molecular formula is C15H21N3O. The Morgan fingerprint density at radius 2 is 1.89 bits per heavy atom. The fraction of sp³-hybridized carbons (Fsp3) is 0.400. The molecule has 1 aromatic carbocycles. The molecule has 0 saturated carbocycles. The zero-order valence-electron chi connectivity index (χ0n) is 11.6. The number of carbonyl (C=O) groups excluding carboxylic acids is 1. The Morgan fingerprint density at radius 3 is 2.42 bits per heavy atom. The summed E-state index contributed by atoms with van der Waals surface area (Å²) in [6.45, 7) is 6.26. The summed E-state index contributed by atoms with van der Waals surface area (Å²) in [6.07, 6.45) is 0. The average molecular weight is 259 g/mol. The Hall–Kier alpha value is -1.99. The Bertz CT molecular complexity index is 453. The summed E-state index contributed by atoms with van der Waals surface area (Å²) in [4.78, 5) is 13.5. The molecule has 0 radical (unpaired) electrons. The molecule has 4 nitrogen and oxygen atoms in total. The van der Waals surface area contributed by atoms with Gasteiger partial charge in [0.25, 0.3) is 0 Å². The minimum atomic E-state index is -0.0306. The molecule has 0 spiro atoms. The van der Waals surface area contributed by atoms with Gasteiger partial charge in [0, 0.05) is 25.2 Å². The van der Waals surface area contributed by atoms with E-state index in [0.29, 0.717) is 13.1 Å². The zero-order valence-corrected chi connectivity index (χ0v) is 11.6. The van der Waals surface area contributed by atoms with Crippen molar-refractivity contribution in [1.82, 2.24) is 10.2 Å². The molecule has 3 N–H and O–H groups in total. The first-order chi connectivity index (χ1) is 9.21. The van der Waals surface area contributed by atoms with E-state index in [4.69, 9.17) is 5.73 Å². The highest BCUT2D eigenvalue weighted by molar-refractivity contribution is 5.74. The van der Waals surface area contributed by atoms with Gasteiger partial charge < -0.3 is 16.0 Å². The minimum Gasteiger partial charge on any atom is -0.334 e. The van der Waals surface area contributed by atoms with Crippen molar-refractivity contribution in [3.05, 3.63) is 35.4 Å². The second-order valence-corrected chi connectivity index (χ2v) is 4.03. The van der Waals surface area contributed by atoms with E-state index in [-0.39, 0.29) is 6.03 Å². The topological polar surface area (TPSA) is 58.4 Å². The van der Waals surface area contributed by atoms with E-state index in [0.717, 1.165) is 24.2 Å². The second kappa shape index (κ2) is 8.17. The normalized spacial score (nSPS) is 9.42. The minimum absolute atomic E-state index is 0.0306. The van der Waals surface area contributed by atoms with Crippen LogP contribution in [0.1, 0.15) is 25.0 Å². The maximum absolute atomic E-state index is 11.8. The van der Waals surface area contributed by atoms with Crippen molar-refractivity contribution < 1.29 is 4.79 Å². The molecule has 0 atom stereocenters. The van der Waals surface area contributed by atoms with Gasteiger partial charge in [-0.2, -0.15) is 0 Å². The first kappa shape index (κ1) is 15.1. The maximum Gasteiger partial charge on any atom is 0.317 e. The molecule has 0 heterocycles. The highest BCUT2D eigenvalue weighted by Crippen LogP contribution is 2.03. The molecule has 0 aliphatic heterocycles. The van der Waals surface area contributed by atoms with Crippen LogP contribution >= 0.6 is 0 Å². The fourth-order valence-electron chi connectivity index (χ4n) is 1.66. The molecule has 4 heteroatoms. The van der Waals surface area contributed by atoms with Crippen LogP contribution < -0.4 is 11.1 Å². The number of nitrogens with one attached hydrogen (secondary N) is 1. The lowest BCUT2D eigenvalue weighted by Crippen LogP contribution is -2.39. The van der Waals surface area contributed by atoms with Crippen LogP contribution in [0.3, 0.4) is 0 Å². The Kier molecular flexibility index (Phi) is 6.48. The highest BCUT2D eigenvalue weighted by Gasteiger charge is 2.07. The molecule has 19 heavy (non-hydrogen) atoms. The molecule has 102 valence electrons. The van der Waals surface area contributed by atoms with Gasteiger partial charge in [0.2, 0.25) is 0 Å². The van der Waals surface area contributed by atoms with E-state index in [1.54, 1.807) is 4.90 Å². The van der Waals surface area contributed by atoms with Crippen molar-refractivity contribution in [2.75, 3.05) is 19.6 Å². The summed E-state index contributed by atoms with van der Waals surface area (Å²) in [5.41, 5.74) is 7.31. The molecular weight excluding hydrogens is 238 g/mol. The number of benzene rings is 1. The lowest BCUT2D eigenvalue weighted by molar-refractivity contribution is 0.203. The first-order valence-corrected chi connectivity index (χ1v) is 6.51. The van der Waals surface area contributed by atoms with E-state index in [1.807, 2.05) is 38.1 Å². The number of hydrogen-bond acceptors (Lipinski definition) is 2. The number of hydrogen-bond donors (Lipinski definition) is 2. The quantitative estimate of drug-likeness (QED) is 0.806. The second-order valence-electron chi connectivity index (χ2n) is 4.03. The average Bonchev–Trinajstić information content (AvgIpc) is 2.45. The Balaban J connectivity index is 2.52. The SMILES string of the molecule is CCN(CC)C(=O)NCc1ccc(C#CCN)cc1. The van der Waals surface area contributed by atoms with Crippen LogP contribution in [-0.4, -0.2) is 30.6 Å². The fourth-order valence-corrected chi connectivity index (χ4v) is 1.66. The van der Waals surface area contributed by atoms with E-state index in [2.05, 4.69) is 17.2 Å². The smallest absolute Gasteiger partial charge is 0.317 e. The van der Waals surface area contributed by atoms with Gasteiger partial charge in [-0.15, -0.1) is 0 Å². The van der Waals surface area contributed by atoms with Gasteiger partial charge in [-0.25, -0.2) is 4.79 Å². The van der Waals surface area contributed by atoms with Crippen molar-refractivity contribution in [2.45, 2.75) is 20.4 Å². The van der Waals surface area contributed by atoms with Crippen LogP contribution in [0.5, 0.6) is 0 Å². The van der Waals surface area contributed by atoms with Crippen LogP contribution in [0, 0.1) is 11.8 Å². The zero-order chi connectivity index (χ0) is 14.1. The molecule has 1 aromatic rings. The summed E-state index contributed by atoms with van der Waals surface area (Å²) >= 11 is 0. The lowest BCUT2D eigenvalue weighted by Gasteiger charge is -2.19. The molecule has 0 aliphatic carbocycles. The number of amides is 2. The van der Waals surface area contributed by atoms with Crippen LogP contribution in [0.25, 0.3) is 0 Å². The Morgan fingerprint density at radius 1 is 1.26 bits per heavy atom. The summed E-state index contributed by atoms with van der Waals surface area (Å²) in [7, 11) is 0. The molecule has 0 unspecified atom stereocenters. The molecule has 2 amide bonds. The highest BCUT2D eigenvalue weighted by atomic mass is 16.2. The molecule has 0 aromatic heterocycles. The van der Waals surface area contributed by atoms with Crippen molar-refractivity contribution in [2.24, 2.45) is 5.73 Å². The summed E-state index contributed by atoms with van der Waals surface area (Å²) in [6, 6.07) is 7.76. The lowest BCUT2D eigenvalue weighted by atomic mass is 10.1. The number of nitrogens with zero attached hydrogens (tertiary/aromatic N) is 1. The molecule has 1 rings (SSSR count). The molecule has 0 bridgehead atoms. The van der Waals surface area contributed by atoms with Gasteiger partial charge in [0.1, 0.15) is 0 Å². The van der Waals surface area contributed by atoms with Gasteiger partial charge in [0.15, 0.2) is 0 Å². The predicted molar refractivity (Wildman–Crippen MR) is 77.5 cm³/mol. The van der Waals surface area contributed by atoms with Gasteiger partial charge in [-0.1, -0.05) is 24.0 Å². The van der Waals surface area contributed by atoms with E-state index in [9.17, 15) is 4.79 Å². The standard InChI is InChI=1S/C15H21N3O/c1-3-18(4-2)15(19)17-12-14-9-7-13(8-10-14)6-5-11-16/h7-10H,3-4,11-12,16H2,1-2H3,(H,17,19). The van der Waals surface area contributed by atoms with Crippen LogP contribution in [0.2, 0.25) is 0 Å². The predicted octanol–water partition coefficient (Wildman–Crippen LogP) is 1.55. The van der Waals surface area contributed by atoms with E-state index < -0.39 is 0 Å². The van der Waals surface area contributed by atoms with Crippen LogP contribution in [-0.2, 0) is 6.54 Å². The van der Waals surface area contributed by atoms with Gasteiger partial charge in [-0.05, 0) is 31.5 Å². The van der Waals surface area contributed by atoms with Crippen LogP contribution in [0.4, 0.5) is 4.79 Å². The van der Waals surface area contributed by atoms with Crippen molar-refractivity contribution in [1.29, 1.82) is 0 Å². The van der Waals surface area contributed by atoms with Gasteiger partial charge in [-0.3, -0.25) is 0 Å². The largest absolute Gasteiger partial charge is 0.334 e. The Labute approximate surface area is 115 Å². The summed E-state index contributed by atoms with van der Waals surface area (Å²) in [5.74, 6) is 5.77. The molecule has 0 saturated heterocycles. The van der Waals surface area contributed by atoms with E-state index >= 15 is 0 Å². The summed E-state index contributed by atoms with van der Waals surface area (Å²) in [5, 5.41) is 2.89. The van der Waals surface area contributed by atoms with Gasteiger partial charge in [0.05, 0.1) is 6.54 Å². The first-order valence-electron chi connectivity index (χ1n) is 6.51. The van der Waals surface area contributed by atoms with Crippen molar-refractivity contribution in [3.8, 4) is 11.8 Å². The third kappa shape index (κ3) is 5.02. The third-order valence-electron chi connectivity index (χ3n) is 2.78. The summed E-state index contributed by atoms with van der Waals surface area (Å²) < 4.78 is 0.